The summed E-state index contributed by atoms with van der Waals surface area (Å²) in [4.78, 5) is 1.19. The normalized spacial score (nSPS) is 15.2. The lowest BCUT2D eigenvalue weighted by Gasteiger charge is -2.20. The van der Waals surface area contributed by atoms with Crippen molar-refractivity contribution in [3.05, 3.63) is 20.8 Å². The van der Waals surface area contributed by atoms with Crippen LogP contribution in [0.1, 0.15) is 24.6 Å². The predicted octanol–water partition coefficient (Wildman–Crippen LogP) is 3.23. The molecule has 1 rings (SSSR count). The van der Waals surface area contributed by atoms with Gasteiger partial charge in [-0.05, 0) is 28.4 Å². The van der Waals surface area contributed by atoms with Gasteiger partial charge in [0.2, 0.25) is 0 Å². The van der Waals surface area contributed by atoms with Gasteiger partial charge in [-0.2, -0.15) is 0 Å². The van der Waals surface area contributed by atoms with Crippen LogP contribution in [0, 0.1) is 0 Å². The minimum absolute atomic E-state index is 0.0455. The third-order valence-electron chi connectivity index (χ3n) is 2.34. The van der Waals surface area contributed by atoms with E-state index in [1.54, 1.807) is 18.4 Å². The van der Waals surface area contributed by atoms with E-state index in [2.05, 4.69) is 22.9 Å². The van der Waals surface area contributed by atoms with Gasteiger partial charge in [0.05, 0.1) is 12.2 Å². The molecule has 0 aliphatic heterocycles. The second kappa shape index (κ2) is 6.63. The second-order valence-corrected chi connectivity index (χ2v) is 5.48. The first-order valence-corrected chi connectivity index (χ1v) is 6.78. The van der Waals surface area contributed by atoms with E-state index in [-0.39, 0.29) is 6.10 Å². The van der Waals surface area contributed by atoms with Crippen LogP contribution in [0.4, 0.5) is 0 Å². The molecule has 4 heteroatoms. The molecule has 0 aliphatic rings. The number of ether oxygens (including phenoxy) is 1. The molecule has 0 spiro atoms. The van der Waals surface area contributed by atoms with Gasteiger partial charge >= 0.3 is 0 Å². The number of aliphatic hydroxyl groups excluding tert-OH is 1. The molecule has 2 nitrogen and oxygen atoms in total. The maximum absolute atomic E-state index is 9.97. The Bertz CT molecular complexity index is 288. The Kier molecular flexibility index (Phi) is 5.82. The number of rotatable bonds is 6. The molecule has 0 bridgehead atoms. The first kappa shape index (κ1) is 13.2. The van der Waals surface area contributed by atoms with Crippen molar-refractivity contribution < 1.29 is 9.84 Å². The van der Waals surface area contributed by atoms with Gasteiger partial charge in [0.25, 0.3) is 0 Å². The van der Waals surface area contributed by atoms with E-state index in [0.29, 0.717) is 6.42 Å². The van der Waals surface area contributed by atoms with E-state index < -0.39 is 6.10 Å². The van der Waals surface area contributed by atoms with Gasteiger partial charge in [0, 0.05) is 28.3 Å². The number of halogens is 1. The van der Waals surface area contributed by atoms with Crippen molar-refractivity contribution >= 4 is 27.3 Å². The highest BCUT2D eigenvalue weighted by molar-refractivity contribution is 9.10. The summed E-state index contributed by atoms with van der Waals surface area (Å²) in [5.74, 6) is 0. The van der Waals surface area contributed by atoms with Gasteiger partial charge in [-0.15, -0.1) is 11.3 Å². The fourth-order valence-corrected chi connectivity index (χ4v) is 3.05. The Morgan fingerprint density at radius 3 is 2.80 bits per heavy atom. The molecule has 0 aromatic carbocycles. The van der Waals surface area contributed by atoms with Crippen molar-refractivity contribution in [3.63, 3.8) is 0 Å². The van der Waals surface area contributed by atoms with Gasteiger partial charge < -0.3 is 9.84 Å². The summed E-state index contributed by atoms with van der Waals surface area (Å²) in [6.07, 6.45) is 2.17. The minimum Gasteiger partial charge on any atom is -0.390 e. The summed E-state index contributed by atoms with van der Waals surface area (Å²) in [5, 5.41) is 12.0. The van der Waals surface area contributed by atoms with Gasteiger partial charge in [-0.25, -0.2) is 0 Å². The van der Waals surface area contributed by atoms with Crippen LogP contribution in [0.5, 0.6) is 0 Å². The third-order valence-corrected chi connectivity index (χ3v) is 4.06. The molecular weight excluding hydrogens is 276 g/mol. The monoisotopic (exact) mass is 292 g/mol. The highest BCUT2D eigenvalue weighted by Crippen LogP contribution is 2.22. The van der Waals surface area contributed by atoms with Crippen LogP contribution >= 0.6 is 27.3 Å². The quantitative estimate of drug-likeness (QED) is 0.872. The standard InChI is InChI=1S/C11H17BrO2S/c1-3-4-11(14-2)10(13)6-9-5-8(12)7-15-9/h5,7,10-11,13H,3-4,6H2,1-2H3. The largest absolute Gasteiger partial charge is 0.390 e. The molecule has 0 radical (unpaired) electrons. The molecule has 1 heterocycles. The summed E-state index contributed by atoms with van der Waals surface area (Å²) in [5.41, 5.74) is 0. The van der Waals surface area contributed by atoms with Crippen molar-refractivity contribution in [3.8, 4) is 0 Å². The third kappa shape index (κ3) is 4.23. The Hall–Kier alpha value is 0.1000. The highest BCUT2D eigenvalue weighted by Gasteiger charge is 2.18. The highest BCUT2D eigenvalue weighted by atomic mass is 79.9. The maximum atomic E-state index is 9.97. The van der Waals surface area contributed by atoms with Crippen LogP contribution in [0.2, 0.25) is 0 Å². The number of aliphatic hydroxyl groups is 1. The van der Waals surface area contributed by atoms with Crippen LogP contribution < -0.4 is 0 Å². The summed E-state index contributed by atoms with van der Waals surface area (Å²) in [7, 11) is 1.66. The molecule has 2 unspecified atom stereocenters. The molecule has 15 heavy (non-hydrogen) atoms. The van der Waals surface area contributed by atoms with Gasteiger partial charge in [0.15, 0.2) is 0 Å². The van der Waals surface area contributed by atoms with Crippen molar-refractivity contribution in [2.75, 3.05) is 7.11 Å². The van der Waals surface area contributed by atoms with Crippen molar-refractivity contribution in [2.24, 2.45) is 0 Å². The van der Waals surface area contributed by atoms with E-state index >= 15 is 0 Å². The zero-order chi connectivity index (χ0) is 11.3. The molecule has 0 aliphatic carbocycles. The molecule has 2 atom stereocenters. The molecule has 0 fully saturated rings. The molecule has 1 aromatic rings. The lowest BCUT2D eigenvalue weighted by atomic mass is 10.1. The number of hydrogen-bond acceptors (Lipinski definition) is 3. The summed E-state index contributed by atoms with van der Waals surface area (Å²) < 4.78 is 6.36. The summed E-state index contributed by atoms with van der Waals surface area (Å²) in [6.45, 7) is 2.10. The average molecular weight is 293 g/mol. The topological polar surface area (TPSA) is 29.5 Å². The first-order valence-electron chi connectivity index (χ1n) is 5.11. The van der Waals surface area contributed by atoms with E-state index in [1.807, 2.05) is 11.4 Å². The van der Waals surface area contributed by atoms with Gasteiger partial charge in [-0.3, -0.25) is 0 Å². The van der Waals surface area contributed by atoms with Crippen LogP contribution in [0.15, 0.2) is 15.9 Å². The zero-order valence-corrected chi connectivity index (χ0v) is 11.5. The van der Waals surface area contributed by atoms with E-state index in [4.69, 9.17) is 4.74 Å². The number of thiophene rings is 1. The maximum Gasteiger partial charge on any atom is 0.0849 e. The summed E-state index contributed by atoms with van der Waals surface area (Å²) >= 11 is 5.07. The Morgan fingerprint density at radius 2 is 2.33 bits per heavy atom. The predicted molar refractivity (Wildman–Crippen MR) is 67.4 cm³/mol. The molecular formula is C11H17BrO2S. The molecule has 0 amide bonds. The summed E-state index contributed by atoms with van der Waals surface area (Å²) in [6, 6.07) is 2.05. The van der Waals surface area contributed by atoms with Gasteiger partial charge in [0.1, 0.15) is 0 Å². The SMILES string of the molecule is CCCC(OC)C(O)Cc1cc(Br)cs1. The lowest BCUT2D eigenvalue weighted by Crippen LogP contribution is -2.29. The van der Waals surface area contributed by atoms with E-state index in [9.17, 15) is 5.11 Å². The number of hydrogen-bond donors (Lipinski definition) is 1. The molecule has 0 saturated heterocycles. The first-order chi connectivity index (χ1) is 7.17. The van der Waals surface area contributed by atoms with Crippen LogP contribution in [0.3, 0.4) is 0 Å². The molecule has 0 saturated carbocycles. The van der Waals surface area contributed by atoms with Crippen molar-refractivity contribution in [1.82, 2.24) is 0 Å². The Morgan fingerprint density at radius 1 is 1.60 bits per heavy atom. The molecule has 1 aromatic heterocycles. The smallest absolute Gasteiger partial charge is 0.0849 e. The fraction of sp³-hybridized carbons (Fsp3) is 0.636. The molecule has 86 valence electrons. The fourth-order valence-electron chi connectivity index (χ4n) is 1.55. The average Bonchev–Trinajstić information content (AvgIpc) is 2.60. The number of methoxy groups -OCH3 is 1. The zero-order valence-electron chi connectivity index (χ0n) is 9.07. The van der Waals surface area contributed by atoms with Crippen LogP contribution in [0.25, 0.3) is 0 Å². The van der Waals surface area contributed by atoms with Crippen molar-refractivity contribution in [1.29, 1.82) is 0 Å². The lowest BCUT2D eigenvalue weighted by molar-refractivity contribution is -0.0155. The minimum atomic E-state index is -0.402. The molecule has 1 N–H and O–H groups in total. The van der Waals surface area contributed by atoms with Crippen LogP contribution in [-0.2, 0) is 11.2 Å². The second-order valence-electron chi connectivity index (χ2n) is 3.57. The van der Waals surface area contributed by atoms with Gasteiger partial charge in [-0.1, -0.05) is 13.3 Å². The Labute approximate surface area is 103 Å². The Balaban J connectivity index is 2.49. The van der Waals surface area contributed by atoms with Crippen LogP contribution in [-0.4, -0.2) is 24.4 Å². The van der Waals surface area contributed by atoms with Crippen molar-refractivity contribution in [2.45, 2.75) is 38.4 Å². The van der Waals surface area contributed by atoms with E-state index in [0.717, 1.165) is 17.3 Å². The van der Waals surface area contributed by atoms with E-state index in [1.165, 1.54) is 4.88 Å².